The largest absolute Gasteiger partial charge is 0.284 e. The normalized spacial score (nSPS) is 42.8. The van der Waals surface area contributed by atoms with E-state index < -0.39 is 0 Å². The molecule has 0 aromatic rings. The predicted octanol–water partition coefficient (Wildman–Crippen LogP) is 2.41. The molecule has 0 aromatic carbocycles. The Morgan fingerprint density at radius 3 is 2.92 bits per heavy atom. The Bertz CT molecular complexity index is 273. The molecule has 3 atom stereocenters. The third-order valence-corrected chi connectivity index (χ3v) is 4.16. The lowest BCUT2D eigenvalue weighted by atomic mass is 9.75. The fraction of sp³-hybridized carbons (Fsp3) is 0.750. The van der Waals surface area contributed by atoms with Crippen molar-refractivity contribution in [1.29, 1.82) is 0 Å². The third-order valence-electron chi connectivity index (χ3n) is 4.16. The van der Waals surface area contributed by atoms with Gasteiger partial charge in [-0.2, -0.15) is 0 Å². The first-order valence-electron chi connectivity index (χ1n) is 5.22. The van der Waals surface area contributed by atoms with Gasteiger partial charge in [0, 0.05) is 5.41 Å². The summed E-state index contributed by atoms with van der Waals surface area (Å²) in [6.45, 7) is 2.27. The number of fused-ring (bicyclic) bond motifs is 1. The lowest BCUT2D eigenvalue weighted by molar-refractivity contribution is -0.124. The number of carbonyl (C=O) groups is 1. The van der Waals surface area contributed by atoms with E-state index in [-0.39, 0.29) is 11.2 Å². The number of carbonyl (C=O) groups excluding carboxylic acids is 1. The van der Waals surface area contributed by atoms with Crippen LogP contribution in [0.2, 0.25) is 0 Å². The quantitative estimate of drug-likeness (QED) is 0.443. The van der Waals surface area contributed by atoms with E-state index in [0.29, 0.717) is 11.8 Å². The molecule has 0 aromatic heterocycles. The Morgan fingerprint density at radius 2 is 2.23 bits per heavy atom. The van der Waals surface area contributed by atoms with Crippen LogP contribution in [0.5, 0.6) is 0 Å². The van der Waals surface area contributed by atoms with Crippen molar-refractivity contribution >= 4 is 5.78 Å². The maximum atomic E-state index is 11.7. The van der Waals surface area contributed by atoms with Gasteiger partial charge in [-0.25, -0.2) is 0 Å². The number of hydrogen-bond donors (Lipinski definition) is 0. The van der Waals surface area contributed by atoms with Gasteiger partial charge in [0.05, 0.1) is 0 Å². The molecule has 0 saturated heterocycles. The van der Waals surface area contributed by atoms with Gasteiger partial charge >= 0.3 is 0 Å². The van der Waals surface area contributed by atoms with E-state index in [9.17, 15) is 4.79 Å². The van der Waals surface area contributed by atoms with Crippen molar-refractivity contribution in [3.63, 3.8) is 0 Å². The summed E-state index contributed by atoms with van der Waals surface area (Å²) in [6.07, 6.45) is 10.9. The summed E-state index contributed by atoms with van der Waals surface area (Å²) >= 11 is 0. The van der Waals surface area contributed by atoms with Gasteiger partial charge in [-0.3, -0.25) is 4.79 Å². The summed E-state index contributed by atoms with van der Waals surface area (Å²) in [6, 6.07) is 0. The van der Waals surface area contributed by atoms with Crippen molar-refractivity contribution in [2.45, 2.75) is 39.0 Å². The standard InChI is InChI=1S/C12H16O/c1-3-11(13)12-7-4-5-10(12)9(2)6-8-12/h1,9-10H,4-8H2,2H3. The summed E-state index contributed by atoms with van der Waals surface area (Å²) in [5.74, 6) is 3.74. The zero-order valence-corrected chi connectivity index (χ0v) is 8.18. The van der Waals surface area contributed by atoms with E-state index in [1.807, 2.05) is 0 Å². The molecule has 0 N–H and O–H groups in total. The van der Waals surface area contributed by atoms with Crippen molar-refractivity contribution in [1.82, 2.24) is 0 Å². The van der Waals surface area contributed by atoms with E-state index >= 15 is 0 Å². The molecule has 2 aliphatic carbocycles. The van der Waals surface area contributed by atoms with Crippen LogP contribution in [-0.2, 0) is 4.79 Å². The molecule has 0 radical (unpaired) electrons. The van der Waals surface area contributed by atoms with Gasteiger partial charge in [0.1, 0.15) is 0 Å². The molecule has 2 aliphatic rings. The molecule has 2 saturated carbocycles. The average molecular weight is 176 g/mol. The highest BCUT2D eigenvalue weighted by Crippen LogP contribution is 2.57. The fourth-order valence-electron chi connectivity index (χ4n) is 3.46. The Kier molecular flexibility index (Phi) is 1.95. The molecule has 1 heteroatoms. The minimum atomic E-state index is -0.0891. The number of hydrogen-bond acceptors (Lipinski definition) is 1. The minimum Gasteiger partial charge on any atom is -0.284 e. The summed E-state index contributed by atoms with van der Waals surface area (Å²) in [5.41, 5.74) is -0.0891. The molecule has 13 heavy (non-hydrogen) atoms. The van der Waals surface area contributed by atoms with Crippen molar-refractivity contribution in [3.8, 4) is 12.3 Å². The van der Waals surface area contributed by atoms with Gasteiger partial charge in [-0.1, -0.05) is 13.3 Å². The molecule has 2 fully saturated rings. The average Bonchev–Trinajstić information content (AvgIpc) is 2.67. The highest BCUT2D eigenvalue weighted by molar-refractivity contribution is 6.00. The SMILES string of the molecule is C#CC(=O)C12CCCC1C(C)CC2. The van der Waals surface area contributed by atoms with Gasteiger partial charge in [-0.15, -0.1) is 6.42 Å². The summed E-state index contributed by atoms with van der Waals surface area (Å²) in [4.78, 5) is 11.7. The van der Waals surface area contributed by atoms with E-state index in [0.717, 1.165) is 12.8 Å². The van der Waals surface area contributed by atoms with Gasteiger partial charge in [0.25, 0.3) is 0 Å². The Morgan fingerprint density at radius 1 is 1.46 bits per heavy atom. The highest BCUT2D eigenvalue weighted by atomic mass is 16.1. The Labute approximate surface area is 79.9 Å². The molecular weight excluding hydrogens is 160 g/mol. The maximum absolute atomic E-state index is 11.7. The van der Waals surface area contributed by atoms with Gasteiger partial charge in [0.15, 0.2) is 0 Å². The number of rotatable bonds is 1. The smallest absolute Gasteiger partial charge is 0.211 e. The fourth-order valence-corrected chi connectivity index (χ4v) is 3.46. The van der Waals surface area contributed by atoms with Gasteiger partial charge in [0.2, 0.25) is 5.78 Å². The second kappa shape index (κ2) is 2.87. The second-order valence-corrected chi connectivity index (χ2v) is 4.64. The molecular formula is C12H16O. The first-order valence-corrected chi connectivity index (χ1v) is 5.22. The summed E-state index contributed by atoms with van der Waals surface area (Å²) in [7, 11) is 0. The first kappa shape index (κ1) is 8.81. The van der Waals surface area contributed by atoms with Crippen molar-refractivity contribution in [2.75, 3.05) is 0 Å². The molecule has 0 bridgehead atoms. The maximum Gasteiger partial charge on any atom is 0.211 e. The van der Waals surface area contributed by atoms with Crippen LogP contribution >= 0.6 is 0 Å². The minimum absolute atomic E-state index is 0.0827. The van der Waals surface area contributed by atoms with Crippen LogP contribution in [0.15, 0.2) is 0 Å². The Balaban J connectivity index is 2.31. The van der Waals surface area contributed by atoms with Gasteiger partial charge in [-0.05, 0) is 43.4 Å². The Hall–Kier alpha value is -0.770. The molecule has 1 nitrogen and oxygen atoms in total. The molecule has 70 valence electrons. The van der Waals surface area contributed by atoms with Crippen molar-refractivity contribution in [2.24, 2.45) is 17.3 Å². The van der Waals surface area contributed by atoms with Crippen LogP contribution in [0, 0.1) is 29.6 Å². The monoisotopic (exact) mass is 176 g/mol. The molecule has 2 rings (SSSR count). The summed E-state index contributed by atoms with van der Waals surface area (Å²) in [5, 5.41) is 0. The van der Waals surface area contributed by atoms with E-state index in [4.69, 9.17) is 6.42 Å². The van der Waals surface area contributed by atoms with Crippen LogP contribution < -0.4 is 0 Å². The molecule has 3 unspecified atom stereocenters. The van der Waals surface area contributed by atoms with Crippen LogP contribution in [-0.4, -0.2) is 5.78 Å². The topological polar surface area (TPSA) is 17.1 Å². The van der Waals surface area contributed by atoms with E-state index in [1.54, 1.807) is 0 Å². The summed E-state index contributed by atoms with van der Waals surface area (Å²) < 4.78 is 0. The molecule has 0 spiro atoms. The van der Waals surface area contributed by atoms with E-state index in [2.05, 4.69) is 12.8 Å². The number of Topliss-reactive ketones (excluding diaryl/α,β-unsaturated/α-hetero) is 1. The zero-order chi connectivity index (χ0) is 9.47. The first-order chi connectivity index (χ1) is 6.20. The third kappa shape index (κ3) is 1.05. The van der Waals surface area contributed by atoms with Crippen LogP contribution in [0.3, 0.4) is 0 Å². The van der Waals surface area contributed by atoms with Crippen LogP contribution in [0.4, 0.5) is 0 Å². The lowest BCUT2D eigenvalue weighted by Gasteiger charge is -2.26. The van der Waals surface area contributed by atoms with Crippen molar-refractivity contribution < 1.29 is 4.79 Å². The van der Waals surface area contributed by atoms with Crippen molar-refractivity contribution in [3.05, 3.63) is 0 Å². The number of ketones is 1. The van der Waals surface area contributed by atoms with Crippen LogP contribution in [0.1, 0.15) is 39.0 Å². The lowest BCUT2D eigenvalue weighted by Crippen LogP contribution is -2.30. The highest BCUT2D eigenvalue weighted by Gasteiger charge is 2.53. The molecule has 0 amide bonds. The zero-order valence-electron chi connectivity index (χ0n) is 8.18. The number of terminal acetylenes is 1. The van der Waals surface area contributed by atoms with Gasteiger partial charge < -0.3 is 0 Å². The molecule has 0 heterocycles. The van der Waals surface area contributed by atoms with E-state index in [1.165, 1.54) is 19.3 Å². The second-order valence-electron chi connectivity index (χ2n) is 4.64. The van der Waals surface area contributed by atoms with Crippen LogP contribution in [0.25, 0.3) is 0 Å². The molecule has 0 aliphatic heterocycles. The predicted molar refractivity (Wildman–Crippen MR) is 52.0 cm³/mol.